The normalized spacial score (nSPS) is 13.0. The Kier molecular flexibility index (Phi) is 11.6. The van der Waals surface area contributed by atoms with Crippen molar-refractivity contribution in [3.63, 3.8) is 0 Å². The second kappa shape index (κ2) is 14.2. The molecule has 0 saturated heterocycles. The molecule has 204 valence electrons. The van der Waals surface area contributed by atoms with E-state index in [-0.39, 0.29) is 30.8 Å². The lowest BCUT2D eigenvalue weighted by Crippen LogP contribution is -2.50. The van der Waals surface area contributed by atoms with Crippen molar-refractivity contribution in [3.8, 4) is 0 Å². The molecule has 7 nitrogen and oxygen atoms in total. The van der Waals surface area contributed by atoms with Gasteiger partial charge >= 0.3 is 0 Å². The molecule has 0 heterocycles. The number of nitrogens with one attached hydrogen (secondary N) is 1. The predicted molar refractivity (Wildman–Crippen MR) is 151 cm³/mol. The summed E-state index contributed by atoms with van der Waals surface area (Å²) in [4.78, 5) is 28.2. The van der Waals surface area contributed by atoms with Crippen LogP contribution < -0.4 is 9.62 Å². The summed E-state index contributed by atoms with van der Waals surface area (Å²) in [5, 5.41) is 3.02. The molecular weight excluding hydrogens is 486 g/mol. The Balaban J connectivity index is 2.21. The molecule has 2 aromatic carbocycles. The number of nitrogens with zero attached hydrogens (tertiary/aromatic N) is 2. The van der Waals surface area contributed by atoms with Gasteiger partial charge in [0.1, 0.15) is 6.04 Å². The van der Waals surface area contributed by atoms with E-state index in [2.05, 4.69) is 5.32 Å². The minimum atomic E-state index is -3.51. The number of hydrogen-bond donors (Lipinski definition) is 1. The third-order valence-corrected chi connectivity index (χ3v) is 7.84. The Morgan fingerprint density at radius 1 is 0.919 bits per heavy atom. The highest BCUT2D eigenvalue weighted by Gasteiger charge is 2.29. The van der Waals surface area contributed by atoms with Crippen LogP contribution in [0.4, 0.5) is 5.69 Å². The van der Waals surface area contributed by atoms with Crippen molar-refractivity contribution in [2.24, 2.45) is 0 Å². The molecular formula is C29H43N3O4S. The first-order chi connectivity index (χ1) is 17.5. The lowest BCUT2D eigenvalue weighted by molar-refractivity contribution is -0.141. The molecule has 1 N–H and O–H groups in total. The molecule has 37 heavy (non-hydrogen) atoms. The number of carbonyl (C=O) groups is 2. The van der Waals surface area contributed by atoms with E-state index in [1.165, 1.54) is 10.6 Å². The van der Waals surface area contributed by atoms with Crippen LogP contribution in [0.15, 0.2) is 48.5 Å². The topological polar surface area (TPSA) is 86.8 Å². The molecule has 0 saturated carbocycles. The van der Waals surface area contributed by atoms with Gasteiger partial charge in [-0.15, -0.1) is 0 Å². The van der Waals surface area contributed by atoms with E-state index >= 15 is 0 Å². The second-order valence-corrected chi connectivity index (χ2v) is 11.6. The summed E-state index contributed by atoms with van der Waals surface area (Å²) in [6.07, 6.45) is 3.81. The van der Waals surface area contributed by atoms with Gasteiger partial charge in [0.2, 0.25) is 21.8 Å². The Morgan fingerprint density at radius 2 is 1.51 bits per heavy atom. The summed E-state index contributed by atoms with van der Waals surface area (Å²) in [6.45, 7) is 10.4. The maximum atomic E-state index is 13.5. The van der Waals surface area contributed by atoms with E-state index in [1.54, 1.807) is 17.0 Å². The third kappa shape index (κ3) is 9.18. The molecule has 0 aromatic heterocycles. The van der Waals surface area contributed by atoms with E-state index in [4.69, 9.17) is 0 Å². The number of carbonyl (C=O) groups excluding carboxylic acids is 2. The van der Waals surface area contributed by atoms with Crippen LogP contribution >= 0.6 is 0 Å². The van der Waals surface area contributed by atoms with Gasteiger partial charge in [-0.3, -0.25) is 13.9 Å². The largest absolute Gasteiger partial charge is 0.352 e. The zero-order valence-corrected chi connectivity index (χ0v) is 24.0. The summed E-state index contributed by atoms with van der Waals surface area (Å²) in [7, 11) is -3.51. The molecule has 2 unspecified atom stereocenters. The SMILES string of the molecule is CCc1ccc(N(CCCC(=O)N(Cc2ccc(C)cc2)C(CC)C(=O)NC(C)CC)S(C)(=O)=O)cc1. The van der Waals surface area contributed by atoms with Crippen molar-refractivity contribution in [1.82, 2.24) is 10.2 Å². The average molecular weight is 530 g/mol. The number of benzene rings is 2. The molecule has 2 rings (SSSR count). The van der Waals surface area contributed by atoms with Crippen molar-refractivity contribution in [1.29, 1.82) is 0 Å². The number of amides is 2. The maximum Gasteiger partial charge on any atom is 0.243 e. The van der Waals surface area contributed by atoms with Gasteiger partial charge in [0, 0.05) is 25.6 Å². The van der Waals surface area contributed by atoms with Crippen LogP contribution in [0.5, 0.6) is 0 Å². The number of sulfonamides is 1. The molecule has 0 aliphatic carbocycles. The Labute approximate surface area is 223 Å². The monoisotopic (exact) mass is 529 g/mol. The molecule has 0 aliphatic heterocycles. The third-order valence-electron chi connectivity index (χ3n) is 6.65. The molecule has 0 spiro atoms. The van der Waals surface area contributed by atoms with Gasteiger partial charge in [-0.1, -0.05) is 62.7 Å². The summed E-state index contributed by atoms with van der Waals surface area (Å²) in [5.41, 5.74) is 3.78. The van der Waals surface area contributed by atoms with Gasteiger partial charge in [0.05, 0.1) is 11.9 Å². The van der Waals surface area contributed by atoms with E-state index in [9.17, 15) is 18.0 Å². The van der Waals surface area contributed by atoms with Crippen molar-refractivity contribution in [3.05, 3.63) is 65.2 Å². The highest BCUT2D eigenvalue weighted by molar-refractivity contribution is 7.92. The Morgan fingerprint density at radius 3 is 2.03 bits per heavy atom. The number of aryl methyl sites for hydroxylation is 2. The van der Waals surface area contributed by atoms with Crippen molar-refractivity contribution >= 4 is 27.5 Å². The predicted octanol–water partition coefficient (Wildman–Crippen LogP) is 4.83. The van der Waals surface area contributed by atoms with Gasteiger partial charge < -0.3 is 10.2 Å². The first-order valence-electron chi connectivity index (χ1n) is 13.2. The number of rotatable bonds is 14. The zero-order chi connectivity index (χ0) is 27.6. The summed E-state index contributed by atoms with van der Waals surface area (Å²) >= 11 is 0. The van der Waals surface area contributed by atoms with E-state index in [1.807, 2.05) is 71.0 Å². The highest BCUT2D eigenvalue weighted by Crippen LogP contribution is 2.21. The molecule has 0 radical (unpaired) electrons. The molecule has 8 heteroatoms. The van der Waals surface area contributed by atoms with E-state index in [0.717, 1.165) is 29.5 Å². The van der Waals surface area contributed by atoms with Crippen molar-refractivity contribution in [2.75, 3.05) is 17.1 Å². The quantitative estimate of drug-likeness (QED) is 0.380. The first-order valence-corrected chi connectivity index (χ1v) is 15.1. The number of hydrogen-bond acceptors (Lipinski definition) is 4. The molecule has 0 aliphatic rings. The maximum absolute atomic E-state index is 13.5. The Bertz CT molecular complexity index is 1110. The fourth-order valence-corrected chi connectivity index (χ4v) is 5.12. The lowest BCUT2D eigenvalue weighted by atomic mass is 10.1. The van der Waals surface area contributed by atoms with Crippen LogP contribution in [0.25, 0.3) is 0 Å². The summed E-state index contributed by atoms with van der Waals surface area (Å²) in [6, 6.07) is 14.8. The summed E-state index contributed by atoms with van der Waals surface area (Å²) in [5.74, 6) is -0.326. The smallest absolute Gasteiger partial charge is 0.243 e. The molecule has 0 bridgehead atoms. The molecule has 2 atom stereocenters. The van der Waals surface area contributed by atoms with Crippen LogP contribution in [0.1, 0.15) is 70.1 Å². The van der Waals surface area contributed by atoms with Crippen molar-refractivity contribution < 1.29 is 18.0 Å². The zero-order valence-electron chi connectivity index (χ0n) is 23.2. The fraction of sp³-hybridized carbons (Fsp3) is 0.517. The molecule has 2 aromatic rings. The van der Waals surface area contributed by atoms with Gasteiger partial charge in [-0.05, 0) is 62.8 Å². The van der Waals surface area contributed by atoms with Crippen LogP contribution in [0.3, 0.4) is 0 Å². The van der Waals surface area contributed by atoms with Crippen LogP contribution in [-0.4, -0.2) is 50.0 Å². The van der Waals surface area contributed by atoms with E-state index < -0.39 is 16.1 Å². The van der Waals surface area contributed by atoms with Gasteiger partial charge in [0.25, 0.3) is 0 Å². The lowest BCUT2D eigenvalue weighted by Gasteiger charge is -2.32. The minimum absolute atomic E-state index is 0.0142. The second-order valence-electron chi connectivity index (χ2n) is 9.71. The van der Waals surface area contributed by atoms with Crippen LogP contribution in [0, 0.1) is 6.92 Å². The van der Waals surface area contributed by atoms with Gasteiger partial charge in [-0.25, -0.2) is 8.42 Å². The molecule has 2 amide bonds. The summed E-state index contributed by atoms with van der Waals surface area (Å²) < 4.78 is 26.4. The van der Waals surface area contributed by atoms with E-state index in [0.29, 0.717) is 25.1 Å². The fourth-order valence-electron chi connectivity index (χ4n) is 4.15. The minimum Gasteiger partial charge on any atom is -0.352 e. The Hall–Kier alpha value is -2.87. The van der Waals surface area contributed by atoms with Crippen LogP contribution in [-0.2, 0) is 32.6 Å². The first kappa shape index (κ1) is 30.4. The van der Waals surface area contributed by atoms with Gasteiger partial charge in [0.15, 0.2) is 0 Å². The van der Waals surface area contributed by atoms with Gasteiger partial charge in [-0.2, -0.15) is 0 Å². The van der Waals surface area contributed by atoms with Crippen LogP contribution in [0.2, 0.25) is 0 Å². The standard InChI is InChI=1S/C29H43N3O4S/c1-7-23(5)30-29(34)27(9-3)31(21-25-14-12-22(4)13-15-25)28(33)11-10-20-32(37(6,35)36)26-18-16-24(8-2)17-19-26/h12-19,23,27H,7-11,20-21H2,1-6H3,(H,30,34). The molecule has 0 fully saturated rings. The van der Waals surface area contributed by atoms with Crippen molar-refractivity contribution in [2.45, 2.75) is 85.4 Å². The average Bonchev–Trinajstić information content (AvgIpc) is 2.86. The highest BCUT2D eigenvalue weighted by atomic mass is 32.2. The number of anilines is 1.